The summed E-state index contributed by atoms with van der Waals surface area (Å²) in [6.07, 6.45) is 3.41. The maximum atomic E-state index is 12.7. The largest absolute Gasteiger partial charge is 0.347 e. The van der Waals surface area contributed by atoms with Gasteiger partial charge in [-0.3, -0.25) is 9.59 Å². The van der Waals surface area contributed by atoms with Crippen LogP contribution in [0.25, 0.3) is 0 Å². The lowest BCUT2D eigenvalue weighted by Crippen LogP contribution is -2.38. The second-order valence-electron chi connectivity index (χ2n) is 7.88. The highest BCUT2D eigenvalue weighted by Gasteiger charge is 2.58. The third kappa shape index (κ3) is 3.17. The molecule has 4 rings (SSSR count). The van der Waals surface area contributed by atoms with Crippen LogP contribution in [0.4, 0.5) is 0 Å². The normalized spacial score (nSPS) is 31.5. The molecule has 1 aromatic rings. The number of likely N-dealkylation sites (tertiary alicyclic amines) is 2. The molecule has 3 fully saturated rings. The zero-order valence-corrected chi connectivity index (χ0v) is 15.1. The summed E-state index contributed by atoms with van der Waals surface area (Å²) in [5, 5.41) is 3.15. The topological polar surface area (TPSA) is 52.7 Å². The lowest BCUT2D eigenvalue weighted by molar-refractivity contribution is -0.128. The van der Waals surface area contributed by atoms with Gasteiger partial charge in [0.2, 0.25) is 5.91 Å². The molecule has 5 heteroatoms. The van der Waals surface area contributed by atoms with E-state index in [0.29, 0.717) is 11.8 Å². The molecule has 3 aliphatic rings. The molecule has 1 unspecified atom stereocenters. The molecule has 2 heterocycles. The van der Waals surface area contributed by atoms with Crippen LogP contribution in [0.15, 0.2) is 24.3 Å². The Kier molecular flexibility index (Phi) is 4.28. The molecular weight excluding hydrogens is 314 g/mol. The minimum atomic E-state index is -0.00563. The summed E-state index contributed by atoms with van der Waals surface area (Å²) in [5.41, 5.74) is 2.01. The van der Waals surface area contributed by atoms with Crippen LogP contribution in [0.5, 0.6) is 0 Å². The monoisotopic (exact) mass is 341 g/mol. The molecule has 0 spiro atoms. The van der Waals surface area contributed by atoms with Crippen LogP contribution in [-0.2, 0) is 4.79 Å². The maximum Gasteiger partial charge on any atom is 0.251 e. The number of likely N-dealkylation sites (N-methyl/N-ethyl adjacent to an activating group) is 1. The Morgan fingerprint density at radius 1 is 1.20 bits per heavy atom. The van der Waals surface area contributed by atoms with Crippen molar-refractivity contribution in [1.82, 2.24) is 15.1 Å². The second-order valence-corrected chi connectivity index (χ2v) is 7.88. The second kappa shape index (κ2) is 6.45. The van der Waals surface area contributed by atoms with E-state index >= 15 is 0 Å². The van der Waals surface area contributed by atoms with E-state index in [1.54, 1.807) is 6.92 Å². The lowest BCUT2D eigenvalue weighted by Gasteiger charge is -2.30. The van der Waals surface area contributed by atoms with Crippen molar-refractivity contribution in [3.05, 3.63) is 35.4 Å². The number of piperidine rings is 2. The zero-order chi connectivity index (χ0) is 17.6. The third-order valence-corrected chi connectivity index (χ3v) is 6.14. The summed E-state index contributed by atoms with van der Waals surface area (Å²) < 4.78 is 0. The van der Waals surface area contributed by atoms with Crippen LogP contribution in [0.3, 0.4) is 0 Å². The number of fused-ring (bicyclic) bond motifs is 1. The highest BCUT2D eigenvalue weighted by atomic mass is 16.2. The van der Waals surface area contributed by atoms with Gasteiger partial charge in [0.05, 0.1) is 12.1 Å². The number of rotatable bonds is 3. The highest BCUT2D eigenvalue weighted by Crippen LogP contribution is 2.45. The smallest absolute Gasteiger partial charge is 0.251 e. The van der Waals surface area contributed by atoms with E-state index in [2.05, 4.69) is 29.4 Å². The van der Waals surface area contributed by atoms with E-state index in [-0.39, 0.29) is 23.9 Å². The molecular formula is C20H27N3O2. The number of hydrogen-bond donors (Lipinski definition) is 1. The molecule has 1 saturated carbocycles. The molecule has 0 aromatic heterocycles. The Labute approximate surface area is 149 Å². The van der Waals surface area contributed by atoms with Crippen LogP contribution < -0.4 is 5.32 Å². The third-order valence-electron chi connectivity index (χ3n) is 6.14. The van der Waals surface area contributed by atoms with Crippen molar-refractivity contribution in [1.29, 1.82) is 0 Å². The van der Waals surface area contributed by atoms with Gasteiger partial charge >= 0.3 is 0 Å². The number of amides is 2. The Bertz CT molecular complexity index is 689. The Morgan fingerprint density at radius 2 is 2.04 bits per heavy atom. The predicted molar refractivity (Wildman–Crippen MR) is 96.5 cm³/mol. The molecule has 0 radical (unpaired) electrons. The Balaban J connectivity index is 1.41. The number of hydrogen-bond acceptors (Lipinski definition) is 3. The van der Waals surface area contributed by atoms with Crippen molar-refractivity contribution in [2.75, 3.05) is 26.7 Å². The van der Waals surface area contributed by atoms with Gasteiger partial charge < -0.3 is 15.1 Å². The fourth-order valence-electron chi connectivity index (χ4n) is 4.74. The number of benzene rings is 1. The fourth-order valence-corrected chi connectivity index (χ4v) is 4.74. The standard InChI is InChI=1S/C20H27N3O2/c1-13(24)23-10-8-17-18(19(17)23)21-20(25)15-6-3-5-14(11-15)16-7-4-9-22(2)12-16/h3,5-6,11,16-19H,4,7-10,12H2,1-2H3,(H,21,25)/t16?,17-,18-,19-/m1/s1. The van der Waals surface area contributed by atoms with E-state index in [1.807, 2.05) is 17.0 Å². The van der Waals surface area contributed by atoms with Crippen LogP contribution in [0.1, 0.15) is 48.0 Å². The number of nitrogens with zero attached hydrogens (tertiary/aromatic N) is 2. The van der Waals surface area contributed by atoms with Gasteiger partial charge in [0, 0.05) is 31.5 Å². The van der Waals surface area contributed by atoms with Gasteiger partial charge in [0.1, 0.15) is 0 Å². The summed E-state index contributed by atoms with van der Waals surface area (Å²) in [6, 6.07) is 8.44. The summed E-state index contributed by atoms with van der Waals surface area (Å²) in [6.45, 7) is 4.67. The zero-order valence-electron chi connectivity index (χ0n) is 15.1. The first-order chi connectivity index (χ1) is 12.0. The average Bonchev–Trinajstić information content (AvgIpc) is 3.07. The summed E-state index contributed by atoms with van der Waals surface area (Å²) in [5.74, 6) is 1.07. The minimum Gasteiger partial charge on any atom is -0.347 e. The van der Waals surface area contributed by atoms with Crippen LogP contribution in [-0.4, -0.2) is 60.4 Å². The molecule has 25 heavy (non-hydrogen) atoms. The van der Waals surface area contributed by atoms with Crippen molar-refractivity contribution in [2.45, 2.75) is 44.2 Å². The van der Waals surface area contributed by atoms with Crippen LogP contribution >= 0.6 is 0 Å². The summed E-state index contributed by atoms with van der Waals surface area (Å²) in [4.78, 5) is 28.6. The maximum absolute atomic E-state index is 12.7. The van der Waals surface area contributed by atoms with E-state index in [4.69, 9.17) is 0 Å². The van der Waals surface area contributed by atoms with E-state index in [1.165, 1.54) is 18.4 Å². The van der Waals surface area contributed by atoms with E-state index < -0.39 is 0 Å². The quantitative estimate of drug-likeness (QED) is 0.913. The van der Waals surface area contributed by atoms with Gasteiger partial charge in [0.15, 0.2) is 0 Å². The first-order valence-corrected chi connectivity index (χ1v) is 9.41. The highest BCUT2D eigenvalue weighted by molar-refractivity contribution is 5.95. The minimum absolute atomic E-state index is 0.00563. The number of nitrogens with one attached hydrogen (secondary N) is 1. The SMILES string of the molecule is CC(=O)N1CC[C@@H]2[C@@H](NC(=O)c3cccc(C4CCCN(C)C4)c3)[C@@H]21. The van der Waals surface area contributed by atoms with Gasteiger partial charge in [-0.15, -0.1) is 0 Å². The van der Waals surface area contributed by atoms with Gasteiger partial charge in [-0.1, -0.05) is 12.1 Å². The molecule has 5 nitrogen and oxygen atoms in total. The Hall–Kier alpha value is -1.88. The van der Waals surface area contributed by atoms with Crippen LogP contribution in [0, 0.1) is 5.92 Å². The predicted octanol–water partition coefficient (Wildman–Crippen LogP) is 1.84. The van der Waals surface area contributed by atoms with Gasteiger partial charge in [-0.05, 0) is 56.5 Å². The number of carbonyl (C=O) groups excluding carboxylic acids is 2. The summed E-state index contributed by atoms with van der Waals surface area (Å²) in [7, 11) is 2.16. The van der Waals surface area contributed by atoms with Crippen molar-refractivity contribution < 1.29 is 9.59 Å². The van der Waals surface area contributed by atoms with E-state index in [0.717, 1.165) is 31.6 Å². The van der Waals surface area contributed by atoms with Crippen LogP contribution in [0.2, 0.25) is 0 Å². The molecule has 2 aliphatic heterocycles. The van der Waals surface area contributed by atoms with Gasteiger partial charge in [-0.25, -0.2) is 0 Å². The molecule has 1 aromatic carbocycles. The Morgan fingerprint density at radius 3 is 2.80 bits per heavy atom. The first kappa shape index (κ1) is 16.6. The van der Waals surface area contributed by atoms with Crippen molar-refractivity contribution in [2.24, 2.45) is 5.92 Å². The molecule has 2 saturated heterocycles. The average molecular weight is 341 g/mol. The molecule has 134 valence electrons. The van der Waals surface area contributed by atoms with Crippen molar-refractivity contribution >= 4 is 11.8 Å². The van der Waals surface area contributed by atoms with Gasteiger partial charge in [0.25, 0.3) is 5.91 Å². The van der Waals surface area contributed by atoms with Crippen molar-refractivity contribution in [3.63, 3.8) is 0 Å². The molecule has 1 N–H and O–H groups in total. The van der Waals surface area contributed by atoms with Gasteiger partial charge in [-0.2, -0.15) is 0 Å². The lowest BCUT2D eigenvalue weighted by atomic mass is 9.90. The first-order valence-electron chi connectivity index (χ1n) is 9.41. The number of carbonyl (C=O) groups is 2. The fraction of sp³-hybridized carbons (Fsp3) is 0.600. The molecule has 4 atom stereocenters. The molecule has 2 amide bonds. The summed E-state index contributed by atoms with van der Waals surface area (Å²) >= 11 is 0. The molecule has 0 bridgehead atoms. The van der Waals surface area contributed by atoms with Crippen molar-refractivity contribution in [3.8, 4) is 0 Å². The van der Waals surface area contributed by atoms with E-state index in [9.17, 15) is 9.59 Å². The molecule has 1 aliphatic carbocycles.